The van der Waals surface area contributed by atoms with Crippen LogP contribution < -0.4 is 16.6 Å². The molecule has 94 valence electrons. The third kappa shape index (κ3) is 3.01. The molecule has 8 nitrogen and oxygen atoms in total. The normalized spacial score (nSPS) is 10.1. The van der Waals surface area contributed by atoms with E-state index in [1.165, 1.54) is 12.5 Å². The molecule has 5 N–H and O–H groups in total. The molecule has 2 heterocycles. The van der Waals surface area contributed by atoms with E-state index in [1.807, 2.05) is 0 Å². The van der Waals surface area contributed by atoms with Gasteiger partial charge < -0.3 is 10.7 Å². The fraction of sp³-hybridized carbons (Fsp3) is 0.200. The number of nitrogens with one attached hydrogen (secondary N) is 3. The zero-order valence-corrected chi connectivity index (χ0v) is 9.55. The van der Waals surface area contributed by atoms with Crippen molar-refractivity contribution < 1.29 is 4.79 Å². The summed E-state index contributed by atoms with van der Waals surface area (Å²) in [5.74, 6) is 6.23. The molecule has 8 heteroatoms. The molecule has 0 bridgehead atoms. The van der Waals surface area contributed by atoms with Gasteiger partial charge in [-0.05, 0) is 12.1 Å². The van der Waals surface area contributed by atoms with Crippen LogP contribution in [0.25, 0.3) is 0 Å². The van der Waals surface area contributed by atoms with Crippen LogP contribution in [0.4, 0.5) is 5.82 Å². The minimum atomic E-state index is -0.189. The molecular formula is C10H13N7O. The second-order valence-corrected chi connectivity index (χ2v) is 3.51. The zero-order chi connectivity index (χ0) is 12.8. The van der Waals surface area contributed by atoms with Gasteiger partial charge in [0.2, 0.25) is 0 Å². The van der Waals surface area contributed by atoms with Gasteiger partial charge in [0.15, 0.2) is 0 Å². The topological polar surface area (TPSA) is 122 Å². The van der Waals surface area contributed by atoms with Gasteiger partial charge in [-0.15, -0.1) is 0 Å². The van der Waals surface area contributed by atoms with Crippen molar-refractivity contribution in [3.05, 3.63) is 36.0 Å². The van der Waals surface area contributed by atoms with Crippen LogP contribution >= 0.6 is 0 Å². The Morgan fingerprint density at radius 3 is 2.89 bits per heavy atom. The van der Waals surface area contributed by atoms with Gasteiger partial charge >= 0.3 is 0 Å². The molecule has 0 aliphatic carbocycles. The fourth-order valence-corrected chi connectivity index (χ4v) is 1.36. The summed E-state index contributed by atoms with van der Waals surface area (Å²) in [7, 11) is 0. The Hall–Kier alpha value is -2.48. The highest BCUT2D eigenvalue weighted by Gasteiger charge is 2.05. The van der Waals surface area contributed by atoms with Crippen LogP contribution in [-0.4, -0.2) is 32.6 Å². The van der Waals surface area contributed by atoms with Crippen LogP contribution in [0.3, 0.4) is 0 Å². The Labute approximate surface area is 103 Å². The van der Waals surface area contributed by atoms with Gasteiger partial charge in [-0.2, -0.15) is 5.10 Å². The Morgan fingerprint density at radius 2 is 2.28 bits per heavy atom. The van der Waals surface area contributed by atoms with E-state index < -0.39 is 0 Å². The lowest BCUT2D eigenvalue weighted by molar-refractivity contribution is 0.0953. The van der Waals surface area contributed by atoms with Gasteiger partial charge in [0, 0.05) is 19.2 Å². The first kappa shape index (κ1) is 12.0. The number of H-pyrrole nitrogens is 1. The predicted octanol–water partition coefficient (Wildman–Crippen LogP) is -0.542. The molecule has 0 saturated carbocycles. The van der Waals surface area contributed by atoms with Crippen molar-refractivity contribution in [2.24, 2.45) is 5.84 Å². The third-order valence-corrected chi connectivity index (χ3v) is 2.29. The summed E-state index contributed by atoms with van der Waals surface area (Å²) in [6, 6.07) is 3.28. The lowest BCUT2D eigenvalue weighted by Gasteiger charge is -2.04. The molecule has 0 atom stereocenters. The monoisotopic (exact) mass is 247 g/mol. The van der Waals surface area contributed by atoms with Gasteiger partial charge in [0.1, 0.15) is 18.0 Å². The maximum Gasteiger partial charge on any atom is 0.252 e. The van der Waals surface area contributed by atoms with Crippen LogP contribution in [0.2, 0.25) is 0 Å². The van der Waals surface area contributed by atoms with Gasteiger partial charge in [0.25, 0.3) is 5.91 Å². The predicted molar refractivity (Wildman–Crippen MR) is 64.5 cm³/mol. The van der Waals surface area contributed by atoms with Crippen LogP contribution in [0, 0.1) is 0 Å². The number of aromatic nitrogens is 4. The van der Waals surface area contributed by atoms with E-state index in [4.69, 9.17) is 5.84 Å². The lowest BCUT2D eigenvalue weighted by Crippen LogP contribution is -2.26. The molecule has 2 aromatic heterocycles. The van der Waals surface area contributed by atoms with Crippen molar-refractivity contribution in [2.75, 3.05) is 12.0 Å². The first-order valence-corrected chi connectivity index (χ1v) is 5.34. The summed E-state index contributed by atoms with van der Waals surface area (Å²) in [4.78, 5) is 19.6. The highest BCUT2D eigenvalue weighted by molar-refractivity contribution is 5.94. The van der Waals surface area contributed by atoms with Gasteiger partial charge in [0.05, 0.1) is 5.56 Å². The minimum absolute atomic E-state index is 0.189. The van der Waals surface area contributed by atoms with E-state index in [9.17, 15) is 4.79 Å². The smallest absolute Gasteiger partial charge is 0.252 e. The van der Waals surface area contributed by atoms with E-state index in [0.29, 0.717) is 24.3 Å². The fourth-order valence-electron chi connectivity index (χ4n) is 1.36. The van der Waals surface area contributed by atoms with Gasteiger partial charge in [-0.3, -0.25) is 9.89 Å². The summed E-state index contributed by atoms with van der Waals surface area (Å²) < 4.78 is 0. The van der Waals surface area contributed by atoms with Crippen LogP contribution in [-0.2, 0) is 6.42 Å². The quantitative estimate of drug-likeness (QED) is 0.416. The number of anilines is 1. The molecule has 2 aromatic rings. The SMILES string of the molecule is NNc1ccc(C(=O)NCCc2ncn[nH]2)cn1. The van der Waals surface area contributed by atoms with Gasteiger partial charge in [-0.25, -0.2) is 15.8 Å². The average Bonchev–Trinajstić information content (AvgIpc) is 2.92. The van der Waals surface area contributed by atoms with Gasteiger partial charge in [-0.1, -0.05) is 0 Å². The minimum Gasteiger partial charge on any atom is -0.352 e. The summed E-state index contributed by atoms with van der Waals surface area (Å²) in [5, 5.41) is 9.19. The molecular weight excluding hydrogens is 234 g/mol. The highest BCUT2D eigenvalue weighted by Crippen LogP contribution is 2.03. The molecule has 0 radical (unpaired) electrons. The van der Waals surface area contributed by atoms with E-state index >= 15 is 0 Å². The summed E-state index contributed by atoms with van der Waals surface area (Å²) in [6.45, 7) is 0.477. The van der Waals surface area contributed by atoms with E-state index in [2.05, 4.69) is 30.9 Å². The molecule has 0 fully saturated rings. The number of rotatable bonds is 5. The number of hydrogen-bond donors (Lipinski definition) is 4. The van der Waals surface area contributed by atoms with E-state index in [-0.39, 0.29) is 5.91 Å². The first-order valence-electron chi connectivity index (χ1n) is 5.34. The van der Waals surface area contributed by atoms with E-state index in [0.717, 1.165) is 5.82 Å². The second kappa shape index (κ2) is 5.73. The number of hydrazine groups is 1. The van der Waals surface area contributed by atoms with Crippen molar-refractivity contribution in [3.8, 4) is 0 Å². The highest BCUT2D eigenvalue weighted by atomic mass is 16.1. The van der Waals surface area contributed by atoms with Crippen LogP contribution in [0.1, 0.15) is 16.2 Å². The number of aromatic amines is 1. The van der Waals surface area contributed by atoms with Crippen molar-refractivity contribution in [1.29, 1.82) is 0 Å². The number of carbonyl (C=O) groups excluding carboxylic acids is 1. The Kier molecular flexibility index (Phi) is 3.82. The second-order valence-electron chi connectivity index (χ2n) is 3.51. The summed E-state index contributed by atoms with van der Waals surface area (Å²) >= 11 is 0. The number of nitrogens with two attached hydrogens (primary N) is 1. The molecule has 0 spiro atoms. The summed E-state index contributed by atoms with van der Waals surface area (Å²) in [6.07, 6.45) is 3.49. The average molecular weight is 247 g/mol. The maximum absolute atomic E-state index is 11.7. The van der Waals surface area contributed by atoms with Crippen LogP contribution in [0.15, 0.2) is 24.7 Å². The number of carbonyl (C=O) groups is 1. The lowest BCUT2D eigenvalue weighted by atomic mass is 10.2. The molecule has 0 saturated heterocycles. The molecule has 1 amide bonds. The van der Waals surface area contributed by atoms with Crippen molar-refractivity contribution in [3.63, 3.8) is 0 Å². The molecule has 18 heavy (non-hydrogen) atoms. The molecule has 0 aliphatic rings. The number of pyridine rings is 1. The zero-order valence-electron chi connectivity index (χ0n) is 9.55. The number of hydrogen-bond acceptors (Lipinski definition) is 6. The van der Waals surface area contributed by atoms with E-state index in [1.54, 1.807) is 12.1 Å². The Balaban J connectivity index is 1.83. The summed E-state index contributed by atoms with van der Waals surface area (Å²) in [5.41, 5.74) is 2.87. The van der Waals surface area contributed by atoms with Crippen molar-refractivity contribution >= 4 is 11.7 Å². The molecule has 2 rings (SSSR count). The number of amides is 1. The molecule has 0 aromatic carbocycles. The largest absolute Gasteiger partial charge is 0.352 e. The van der Waals surface area contributed by atoms with Crippen molar-refractivity contribution in [1.82, 2.24) is 25.5 Å². The molecule has 0 aliphatic heterocycles. The van der Waals surface area contributed by atoms with Crippen LogP contribution in [0.5, 0.6) is 0 Å². The number of nitrogen functional groups attached to an aromatic ring is 1. The molecule has 0 unspecified atom stereocenters. The maximum atomic E-state index is 11.7. The Morgan fingerprint density at radius 1 is 1.39 bits per heavy atom. The standard InChI is InChI=1S/C10H13N7O/c11-16-8-2-1-7(5-13-8)10(18)12-4-3-9-14-6-15-17-9/h1-2,5-6H,3-4,11H2,(H,12,18)(H,13,16)(H,14,15,17). The Bertz CT molecular complexity index is 493. The number of nitrogens with zero attached hydrogens (tertiary/aromatic N) is 3. The van der Waals surface area contributed by atoms with Crippen molar-refractivity contribution in [2.45, 2.75) is 6.42 Å². The third-order valence-electron chi connectivity index (χ3n) is 2.29. The first-order chi connectivity index (χ1) is 8.79.